The van der Waals surface area contributed by atoms with Crippen molar-refractivity contribution >= 4 is 17.1 Å². The predicted octanol–water partition coefficient (Wildman–Crippen LogP) is 2.70. The summed E-state index contributed by atoms with van der Waals surface area (Å²) in [5.74, 6) is 2.73. The molecule has 0 bridgehead atoms. The average molecular weight is 395 g/mol. The molecule has 3 aromatic heterocycles. The molecule has 0 amide bonds. The largest absolute Gasteiger partial charge is 0.473 e. The summed E-state index contributed by atoms with van der Waals surface area (Å²) in [5, 5.41) is 0. The molecular weight excluding hydrogens is 370 g/mol. The normalized spacial score (nSPS) is 23.3. The Kier molecular flexibility index (Phi) is 4.16. The van der Waals surface area contributed by atoms with Gasteiger partial charge in [0, 0.05) is 18.9 Å². The number of ether oxygens (including phenoxy) is 2. The lowest BCUT2D eigenvalue weighted by molar-refractivity contribution is -0.0530. The number of fused-ring (bicyclic) bond motifs is 3. The highest BCUT2D eigenvalue weighted by molar-refractivity contribution is 5.80. The van der Waals surface area contributed by atoms with Crippen molar-refractivity contribution in [2.75, 3.05) is 12.3 Å². The number of nitrogens with zero attached hydrogens (tertiary/aromatic N) is 6. The fourth-order valence-electron chi connectivity index (χ4n) is 4.19. The fourth-order valence-corrected chi connectivity index (χ4v) is 4.19. The highest BCUT2D eigenvalue weighted by Crippen LogP contribution is 2.36. The van der Waals surface area contributed by atoms with Gasteiger partial charge < -0.3 is 19.8 Å². The summed E-state index contributed by atoms with van der Waals surface area (Å²) in [6, 6.07) is 0. The van der Waals surface area contributed by atoms with Crippen LogP contribution in [-0.4, -0.2) is 42.2 Å². The molecule has 1 aliphatic carbocycles. The summed E-state index contributed by atoms with van der Waals surface area (Å²) in [4.78, 5) is 22.5. The maximum Gasteiger partial charge on any atom is 0.246 e. The van der Waals surface area contributed by atoms with Crippen molar-refractivity contribution in [1.82, 2.24) is 29.5 Å². The van der Waals surface area contributed by atoms with E-state index in [2.05, 4.69) is 21.5 Å². The minimum absolute atomic E-state index is 0.140. The number of nitrogen functional groups attached to an aromatic ring is 1. The van der Waals surface area contributed by atoms with Crippen molar-refractivity contribution in [3.63, 3.8) is 0 Å². The fraction of sp³-hybridized carbons (Fsp3) is 0.550. The van der Waals surface area contributed by atoms with Gasteiger partial charge >= 0.3 is 0 Å². The maximum atomic E-state index is 6.36. The van der Waals surface area contributed by atoms with Gasteiger partial charge in [0.25, 0.3) is 0 Å². The van der Waals surface area contributed by atoms with Gasteiger partial charge in [0.05, 0.1) is 12.2 Å². The van der Waals surface area contributed by atoms with E-state index < -0.39 is 5.60 Å². The molecule has 4 heterocycles. The first-order chi connectivity index (χ1) is 13.9. The quantitative estimate of drug-likeness (QED) is 0.720. The van der Waals surface area contributed by atoms with Crippen LogP contribution in [0.4, 0.5) is 5.95 Å². The van der Waals surface area contributed by atoms with Crippen LogP contribution in [0.3, 0.4) is 0 Å². The van der Waals surface area contributed by atoms with E-state index in [1.165, 1.54) is 0 Å². The van der Waals surface area contributed by atoms with E-state index >= 15 is 0 Å². The third kappa shape index (κ3) is 3.19. The Balaban J connectivity index is 1.67. The van der Waals surface area contributed by atoms with Gasteiger partial charge in [-0.2, -0.15) is 4.98 Å². The van der Waals surface area contributed by atoms with E-state index in [0.717, 1.165) is 30.7 Å². The first-order valence-corrected chi connectivity index (χ1v) is 10.1. The van der Waals surface area contributed by atoms with Crippen LogP contribution in [0.25, 0.3) is 22.6 Å². The van der Waals surface area contributed by atoms with Crippen LogP contribution in [0, 0.1) is 5.92 Å². The van der Waals surface area contributed by atoms with Crippen LogP contribution < -0.4 is 10.5 Å². The third-order valence-corrected chi connectivity index (χ3v) is 5.73. The Hall–Kier alpha value is -2.81. The van der Waals surface area contributed by atoms with Crippen molar-refractivity contribution in [1.29, 1.82) is 0 Å². The summed E-state index contributed by atoms with van der Waals surface area (Å²) in [6.45, 7) is 7.58. The number of imidazole rings is 1. The Morgan fingerprint density at radius 1 is 1.17 bits per heavy atom. The molecule has 29 heavy (non-hydrogen) atoms. The number of nitrogens with two attached hydrogens (primary N) is 1. The molecule has 5 rings (SSSR count). The molecule has 0 aromatic carbocycles. The molecular formula is C20H25N7O2. The number of anilines is 1. The maximum absolute atomic E-state index is 6.36. The topological polar surface area (TPSA) is 114 Å². The van der Waals surface area contributed by atoms with E-state index in [4.69, 9.17) is 30.2 Å². The molecule has 0 saturated heterocycles. The molecule has 152 valence electrons. The zero-order valence-electron chi connectivity index (χ0n) is 16.9. The average Bonchev–Trinajstić information content (AvgIpc) is 3.27. The lowest BCUT2D eigenvalue weighted by atomic mass is 10.1. The third-order valence-electron chi connectivity index (χ3n) is 5.73. The molecule has 1 aliphatic heterocycles. The second kappa shape index (κ2) is 6.62. The predicted molar refractivity (Wildman–Crippen MR) is 107 cm³/mol. The van der Waals surface area contributed by atoms with Crippen LogP contribution in [0.5, 0.6) is 5.88 Å². The number of hydrogen-bond acceptors (Lipinski definition) is 8. The lowest BCUT2D eigenvalue weighted by Crippen LogP contribution is -2.33. The number of aromatic nitrogens is 6. The summed E-state index contributed by atoms with van der Waals surface area (Å²) >= 11 is 0. The summed E-state index contributed by atoms with van der Waals surface area (Å²) in [5.41, 5.74) is 7.25. The van der Waals surface area contributed by atoms with E-state index in [1.807, 2.05) is 13.8 Å². The monoisotopic (exact) mass is 395 g/mol. The molecule has 2 atom stereocenters. The van der Waals surface area contributed by atoms with Gasteiger partial charge in [-0.15, -0.1) is 0 Å². The number of hydrogen-bond donors (Lipinski definition) is 1. The van der Waals surface area contributed by atoms with Crippen LogP contribution in [0.15, 0.2) is 12.4 Å². The van der Waals surface area contributed by atoms with Crippen molar-refractivity contribution < 1.29 is 9.47 Å². The van der Waals surface area contributed by atoms with Crippen molar-refractivity contribution in [3.8, 4) is 17.3 Å². The van der Waals surface area contributed by atoms with Crippen LogP contribution >= 0.6 is 0 Å². The number of rotatable bonds is 3. The van der Waals surface area contributed by atoms with Crippen LogP contribution in [0.1, 0.15) is 45.9 Å². The van der Waals surface area contributed by atoms with E-state index in [-0.39, 0.29) is 12.1 Å². The Bertz CT molecular complexity index is 1060. The Morgan fingerprint density at radius 3 is 2.69 bits per heavy atom. The lowest BCUT2D eigenvalue weighted by Gasteiger charge is -2.30. The zero-order chi connectivity index (χ0) is 20.2. The molecule has 2 unspecified atom stereocenters. The molecule has 9 nitrogen and oxygen atoms in total. The Labute approximate surface area is 168 Å². The molecule has 1 fully saturated rings. The van der Waals surface area contributed by atoms with Crippen LogP contribution in [-0.2, 0) is 16.9 Å². The van der Waals surface area contributed by atoms with Gasteiger partial charge in [0.2, 0.25) is 11.8 Å². The molecule has 0 radical (unpaired) electrons. The van der Waals surface area contributed by atoms with Gasteiger partial charge in [-0.05, 0) is 39.0 Å². The van der Waals surface area contributed by atoms with E-state index in [1.54, 1.807) is 12.4 Å². The summed E-state index contributed by atoms with van der Waals surface area (Å²) in [7, 11) is 0. The molecule has 9 heteroatoms. The molecule has 2 N–H and O–H groups in total. The van der Waals surface area contributed by atoms with Gasteiger partial charge in [-0.3, -0.25) is 0 Å². The highest BCUT2D eigenvalue weighted by atomic mass is 16.5. The smallest absolute Gasteiger partial charge is 0.246 e. The minimum Gasteiger partial charge on any atom is -0.473 e. The van der Waals surface area contributed by atoms with Crippen molar-refractivity contribution in [2.45, 2.75) is 58.3 Å². The van der Waals surface area contributed by atoms with E-state index in [9.17, 15) is 0 Å². The van der Waals surface area contributed by atoms with Crippen LogP contribution in [0.2, 0.25) is 0 Å². The molecule has 0 spiro atoms. The Morgan fingerprint density at radius 2 is 1.97 bits per heavy atom. The van der Waals surface area contributed by atoms with Gasteiger partial charge in [0.1, 0.15) is 17.5 Å². The minimum atomic E-state index is -0.497. The first-order valence-electron chi connectivity index (χ1n) is 10.1. The van der Waals surface area contributed by atoms with E-state index in [0.29, 0.717) is 41.9 Å². The molecule has 3 aromatic rings. The standard InChI is InChI=1S/C20H25N7O2/c1-11-4-5-13(8-11)29-17-14-16(27-6-7-28-20(2,3)18(27)24-14)25-15(26-17)12-9-22-19(21)23-10-12/h9-11,13H,4-8H2,1-3H3,(H2,21,22,23). The zero-order valence-corrected chi connectivity index (χ0v) is 16.9. The second-order valence-electron chi connectivity index (χ2n) is 8.46. The second-order valence-corrected chi connectivity index (χ2v) is 8.46. The van der Waals surface area contributed by atoms with Gasteiger partial charge in [0.15, 0.2) is 17.0 Å². The summed E-state index contributed by atoms with van der Waals surface area (Å²) in [6.07, 6.45) is 6.61. The molecule has 2 aliphatic rings. The summed E-state index contributed by atoms with van der Waals surface area (Å²) < 4.78 is 14.4. The van der Waals surface area contributed by atoms with Crippen molar-refractivity contribution in [3.05, 3.63) is 18.2 Å². The van der Waals surface area contributed by atoms with Gasteiger partial charge in [-0.1, -0.05) is 6.92 Å². The van der Waals surface area contributed by atoms with Gasteiger partial charge in [-0.25, -0.2) is 19.9 Å². The first kappa shape index (κ1) is 18.2. The SMILES string of the molecule is CC1CCC(Oc2nc(-c3cnc(N)nc3)nc3c2nc2n3CCOC2(C)C)C1. The molecule has 1 saturated carbocycles. The highest BCUT2D eigenvalue weighted by Gasteiger charge is 2.34. The van der Waals surface area contributed by atoms with Crippen molar-refractivity contribution in [2.24, 2.45) is 5.92 Å².